The second-order valence-electron chi connectivity index (χ2n) is 4.99. The van der Waals surface area contributed by atoms with Crippen molar-refractivity contribution in [2.75, 3.05) is 26.2 Å². The number of hydrogen-bond acceptors (Lipinski definition) is 6. The van der Waals surface area contributed by atoms with Crippen molar-refractivity contribution in [3.05, 3.63) is 0 Å². The van der Waals surface area contributed by atoms with Gasteiger partial charge in [-0.2, -0.15) is 0 Å². The van der Waals surface area contributed by atoms with Gasteiger partial charge in [-0.3, -0.25) is 14.5 Å². The molecule has 0 aromatic heterocycles. The van der Waals surface area contributed by atoms with E-state index < -0.39 is 36.9 Å². The van der Waals surface area contributed by atoms with Crippen molar-refractivity contribution in [3.8, 4) is 0 Å². The van der Waals surface area contributed by atoms with E-state index in [1.54, 1.807) is 0 Å². The van der Waals surface area contributed by atoms with E-state index in [2.05, 4.69) is 0 Å². The van der Waals surface area contributed by atoms with Crippen molar-refractivity contribution in [1.29, 1.82) is 0 Å². The highest BCUT2D eigenvalue weighted by Gasteiger charge is 2.50. The molecule has 1 unspecified atom stereocenters. The number of nitrogens with zero attached hydrogens (tertiary/aromatic N) is 2. The van der Waals surface area contributed by atoms with Gasteiger partial charge in [0, 0.05) is 6.54 Å². The maximum absolute atomic E-state index is 12.1. The monoisotopic (exact) mass is 274 g/mol. The van der Waals surface area contributed by atoms with E-state index in [9.17, 15) is 24.9 Å². The quantitative estimate of drug-likeness (QED) is 0.434. The lowest BCUT2D eigenvalue weighted by Crippen LogP contribution is -2.47. The van der Waals surface area contributed by atoms with Gasteiger partial charge in [0.1, 0.15) is 12.2 Å². The number of carboxylic acid groups (broad SMARTS) is 1. The van der Waals surface area contributed by atoms with Crippen LogP contribution in [0.3, 0.4) is 0 Å². The Morgan fingerprint density at radius 1 is 1.32 bits per heavy atom. The third-order valence-electron chi connectivity index (χ3n) is 3.79. The van der Waals surface area contributed by atoms with Crippen molar-refractivity contribution in [3.63, 3.8) is 0 Å². The molecule has 0 bridgehead atoms. The minimum absolute atomic E-state index is 0.0846. The number of aliphatic hydroxyl groups excluding tert-OH is 3. The van der Waals surface area contributed by atoms with Gasteiger partial charge >= 0.3 is 5.97 Å². The van der Waals surface area contributed by atoms with E-state index in [4.69, 9.17) is 5.11 Å². The number of rotatable bonds is 3. The summed E-state index contributed by atoms with van der Waals surface area (Å²) in [6.45, 7) is -0.409. The zero-order valence-electron chi connectivity index (χ0n) is 10.3. The molecule has 0 aromatic carbocycles. The molecule has 0 aromatic rings. The van der Waals surface area contributed by atoms with Gasteiger partial charge in [-0.25, -0.2) is 0 Å². The molecule has 2 rings (SSSR count). The van der Waals surface area contributed by atoms with Crippen molar-refractivity contribution in [2.45, 2.75) is 30.7 Å². The lowest BCUT2D eigenvalue weighted by Gasteiger charge is -2.27. The Balaban J connectivity index is 2.16. The largest absolute Gasteiger partial charge is 0.480 e. The molecule has 4 atom stereocenters. The van der Waals surface area contributed by atoms with E-state index in [-0.39, 0.29) is 19.0 Å². The molecule has 2 saturated heterocycles. The molecule has 0 radical (unpaired) electrons. The highest BCUT2D eigenvalue weighted by Crippen LogP contribution is 2.29. The van der Waals surface area contributed by atoms with Crippen LogP contribution in [0.5, 0.6) is 0 Å². The molecule has 0 saturated carbocycles. The number of aliphatic carboxylic acids is 1. The minimum Gasteiger partial charge on any atom is -0.480 e. The van der Waals surface area contributed by atoms with Gasteiger partial charge in [0.05, 0.1) is 31.8 Å². The molecule has 19 heavy (non-hydrogen) atoms. The smallest absolute Gasteiger partial charge is 0.317 e. The minimum atomic E-state index is -1.16. The maximum atomic E-state index is 12.1. The Kier molecular flexibility index (Phi) is 4.04. The summed E-state index contributed by atoms with van der Waals surface area (Å²) >= 11 is 0. The molecule has 1 amide bonds. The zero-order chi connectivity index (χ0) is 14.2. The summed E-state index contributed by atoms with van der Waals surface area (Å²) in [5.41, 5.74) is 0. The molecule has 0 aliphatic carbocycles. The molecule has 2 aliphatic heterocycles. The first-order chi connectivity index (χ1) is 8.95. The van der Waals surface area contributed by atoms with E-state index in [1.165, 1.54) is 9.80 Å². The van der Waals surface area contributed by atoms with E-state index >= 15 is 0 Å². The third kappa shape index (κ3) is 2.57. The first kappa shape index (κ1) is 14.2. The van der Waals surface area contributed by atoms with Crippen LogP contribution in [-0.4, -0.2) is 92.6 Å². The Bertz CT molecular complexity index is 376. The van der Waals surface area contributed by atoms with Gasteiger partial charge in [-0.1, -0.05) is 0 Å². The van der Waals surface area contributed by atoms with Crippen LogP contribution < -0.4 is 0 Å². The first-order valence-electron chi connectivity index (χ1n) is 6.18. The van der Waals surface area contributed by atoms with Gasteiger partial charge in [0.15, 0.2) is 0 Å². The van der Waals surface area contributed by atoms with Crippen molar-refractivity contribution >= 4 is 11.9 Å². The summed E-state index contributed by atoms with van der Waals surface area (Å²) in [6, 6.07) is -1.39. The molecule has 0 spiro atoms. The Hall–Kier alpha value is -1.22. The third-order valence-corrected chi connectivity index (χ3v) is 3.79. The highest BCUT2D eigenvalue weighted by molar-refractivity contribution is 5.80. The predicted octanol–water partition coefficient (Wildman–Crippen LogP) is -2.93. The molecule has 2 aliphatic rings. The highest BCUT2D eigenvalue weighted by atomic mass is 16.4. The summed E-state index contributed by atoms with van der Waals surface area (Å²) < 4.78 is 0. The summed E-state index contributed by atoms with van der Waals surface area (Å²) in [5.74, 6) is -1.40. The van der Waals surface area contributed by atoms with Crippen LogP contribution in [0.2, 0.25) is 0 Å². The van der Waals surface area contributed by atoms with Crippen LogP contribution in [-0.2, 0) is 9.59 Å². The average molecular weight is 274 g/mol. The molecular weight excluding hydrogens is 256 g/mol. The number of carbonyl (C=O) groups is 2. The van der Waals surface area contributed by atoms with E-state index in [0.29, 0.717) is 13.0 Å². The standard InChI is InChI=1S/C11H18N2O6/c14-5-7-11(19)10(18)6-1-2-12(4-9(16)17)3-8(15)13(6)7/h6-7,10-11,14,18-19H,1-5H2,(H,16,17)/t6?,7-,10-,11-/m0/s1. The van der Waals surface area contributed by atoms with Crippen LogP contribution in [0.4, 0.5) is 0 Å². The number of carboxylic acids is 1. The van der Waals surface area contributed by atoms with Gasteiger partial charge in [0.25, 0.3) is 0 Å². The van der Waals surface area contributed by atoms with Crippen LogP contribution in [0.1, 0.15) is 6.42 Å². The SMILES string of the molecule is O=C(O)CN1CCC2[C@H](O)[C@@H](O)[C@H](CO)N2C(=O)C1. The number of fused-ring (bicyclic) bond motifs is 1. The van der Waals surface area contributed by atoms with Gasteiger partial charge in [0.2, 0.25) is 5.91 Å². The number of carbonyl (C=O) groups excluding carboxylic acids is 1. The predicted molar refractivity (Wildman–Crippen MR) is 62.2 cm³/mol. The zero-order valence-corrected chi connectivity index (χ0v) is 10.3. The van der Waals surface area contributed by atoms with Crippen LogP contribution in [0.25, 0.3) is 0 Å². The molecule has 4 N–H and O–H groups in total. The summed E-state index contributed by atoms with van der Waals surface area (Å²) in [4.78, 5) is 25.6. The van der Waals surface area contributed by atoms with Crippen molar-refractivity contribution in [1.82, 2.24) is 9.80 Å². The van der Waals surface area contributed by atoms with Gasteiger partial charge in [-0.15, -0.1) is 0 Å². The normalized spacial score (nSPS) is 36.2. The van der Waals surface area contributed by atoms with E-state index in [0.717, 1.165) is 0 Å². The summed E-state index contributed by atoms with van der Waals surface area (Å²) in [6.07, 6.45) is -1.90. The number of hydrogen-bond donors (Lipinski definition) is 4. The fourth-order valence-electron chi connectivity index (χ4n) is 2.90. The fourth-order valence-corrected chi connectivity index (χ4v) is 2.90. The Morgan fingerprint density at radius 3 is 2.58 bits per heavy atom. The molecule has 8 heteroatoms. The Labute approximate surface area is 109 Å². The Morgan fingerprint density at radius 2 is 2.00 bits per heavy atom. The maximum Gasteiger partial charge on any atom is 0.317 e. The molecule has 2 heterocycles. The fraction of sp³-hybridized carbons (Fsp3) is 0.818. The molecule has 2 fully saturated rings. The lowest BCUT2D eigenvalue weighted by molar-refractivity contribution is -0.139. The molecule has 8 nitrogen and oxygen atoms in total. The van der Waals surface area contributed by atoms with Gasteiger partial charge < -0.3 is 25.3 Å². The average Bonchev–Trinajstić information content (AvgIpc) is 2.47. The van der Waals surface area contributed by atoms with Gasteiger partial charge in [-0.05, 0) is 6.42 Å². The van der Waals surface area contributed by atoms with Crippen molar-refractivity contribution < 1.29 is 30.0 Å². The topological polar surface area (TPSA) is 122 Å². The van der Waals surface area contributed by atoms with Crippen molar-refractivity contribution in [2.24, 2.45) is 0 Å². The van der Waals surface area contributed by atoms with Crippen LogP contribution in [0, 0.1) is 0 Å². The first-order valence-corrected chi connectivity index (χ1v) is 6.18. The second kappa shape index (κ2) is 5.41. The van der Waals surface area contributed by atoms with Crippen LogP contribution in [0.15, 0.2) is 0 Å². The molecular formula is C11H18N2O6. The van der Waals surface area contributed by atoms with E-state index in [1.807, 2.05) is 0 Å². The number of amides is 1. The summed E-state index contributed by atoms with van der Waals surface area (Å²) in [5, 5.41) is 37.7. The second-order valence-corrected chi connectivity index (χ2v) is 4.99. The van der Waals surface area contributed by atoms with Crippen LogP contribution >= 0.6 is 0 Å². The summed E-state index contributed by atoms with van der Waals surface area (Å²) in [7, 11) is 0. The number of aliphatic hydroxyl groups is 3. The lowest BCUT2D eigenvalue weighted by atomic mass is 10.1. The molecule has 108 valence electrons.